The number of carbonyl (C=O) groups excluding carboxylic acids is 1. The SMILES string of the molecule is CCCC(O)CNC(=O)[C@@H](N)CCSC. The molecule has 0 saturated heterocycles. The molecular weight excluding hydrogens is 212 g/mol. The topological polar surface area (TPSA) is 75.3 Å². The Kier molecular flexibility index (Phi) is 8.85. The van der Waals surface area contributed by atoms with Crippen LogP contribution in [-0.2, 0) is 4.79 Å². The van der Waals surface area contributed by atoms with E-state index in [1.54, 1.807) is 11.8 Å². The summed E-state index contributed by atoms with van der Waals surface area (Å²) >= 11 is 1.67. The number of aliphatic hydroxyl groups excluding tert-OH is 1. The molecule has 4 nitrogen and oxygen atoms in total. The summed E-state index contributed by atoms with van der Waals surface area (Å²) in [4.78, 5) is 11.4. The van der Waals surface area contributed by atoms with Gasteiger partial charge in [0.1, 0.15) is 0 Å². The van der Waals surface area contributed by atoms with Gasteiger partial charge in [-0.05, 0) is 24.9 Å². The lowest BCUT2D eigenvalue weighted by molar-refractivity contribution is -0.122. The minimum absolute atomic E-state index is 0.167. The highest BCUT2D eigenvalue weighted by Gasteiger charge is 2.13. The molecule has 0 aromatic heterocycles. The summed E-state index contributed by atoms with van der Waals surface area (Å²) in [6.45, 7) is 2.30. The van der Waals surface area contributed by atoms with Crippen molar-refractivity contribution in [1.82, 2.24) is 5.32 Å². The Morgan fingerprint density at radius 2 is 2.20 bits per heavy atom. The smallest absolute Gasteiger partial charge is 0.237 e. The Balaban J connectivity index is 3.63. The van der Waals surface area contributed by atoms with E-state index in [0.717, 1.165) is 12.2 Å². The van der Waals surface area contributed by atoms with Gasteiger partial charge in [0, 0.05) is 6.54 Å². The molecule has 0 radical (unpaired) electrons. The van der Waals surface area contributed by atoms with Crippen LogP contribution in [0.2, 0.25) is 0 Å². The Hall–Kier alpha value is -0.260. The van der Waals surface area contributed by atoms with Gasteiger partial charge in [-0.25, -0.2) is 0 Å². The van der Waals surface area contributed by atoms with Crippen LogP contribution in [0.4, 0.5) is 0 Å². The predicted molar refractivity (Wildman–Crippen MR) is 64.9 cm³/mol. The second kappa shape index (κ2) is 9.00. The maximum atomic E-state index is 11.4. The van der Waals surface area contributed by atoms with E-state index in [0.29, 0.717) is 19.4 Å². The van der Waals surface area contributed by atoms with Crippen LogP contribution in [0.3, 0.4) is 0 Å². The summed E-state index contributed by atoms with van der Waals surface area (Å²) in [7, 11) is 0. The molecule has 0 aromatic carbocycles. The molecule has 4 N–H and O–H groups in total. The van der Waals surface area contributed by atoms with Crippen molar-refractivity contribution in [1.29, 1.82) is 0 Å². The van der Waals surface area contributed by atoms with Gasteiger partial charge >= 0.3 is 0 Å². The molecule has 0 bridgehead atoms. The van der Waals surface area contributed by atoms with Crippen LogP contribution in [-0.4, -0.2) is 41.7 Å². The number of hydrogen-bond acceptors (Lipinski definition) is 4. The lowest BCUT2D eigenvalue weighted by Gasteiger charge is -2.14. The van der Waals surface area contributed by atoms with Crippen molar-refractivity contribution in [3.05, 3.63) is 0 Å². The molecule has 5 heteroatoms. The van der Waals surface area contributed by atoms with Crippen LogP contribution in [0.1, 0.15) is 26.2 Å². The Labute approximate surface area is 96.0 Å². The standard InChI is InChI=1S/C10H22N2O2S/c1-3-4-8(13)7-12-10(14)9(11)5-6-15-2/h8-9,13H,3-7,11H2,1-2H3,(H,12,14)/t8?,9-/m0/s1. The highest BCUT2D eigenvalue weighted by molar-refractivity contribution is 7.98. The monoisotopic (exact) mass is 234 g/mol. The number of rotatable bonds is 8. The molecule has 0 rings (SSSR count). The van der Waals surface area contributed by atoms with E-state index in [9.17, 15) is 9.90 Å². The zero-order valence-corrected chi connectivity index (χ0v) is 10.3. The minimum atomic E-state index is -0.453. The number of thioether (sulfide) groups is 1. The number of nitrogens with one attached hydrogen (secondary N) is 1. The van der Waals surface area contributed by atoms with Gasteiger partial charge in [-0.15, -0.1) is 0 Å². The Morgan fingerprint density at radius 1 is 1.53 bits per heavy atom. The number of amides is 1. The van der Waals surface area contributed by atoms with Gasteiger partial charge in [0.05, 0.1) is 12.1 Å². The third kappa shape index (κ3) is 7.64. The first-order chi connectivity index (χ1) is 7.11. The first-order valence-electron chi connectivity index (χ1n) is 5.32. The molecule has 1 unspecified atom stereocenters. The third-order valence-electron chi connectivity index (χ3n) is 2.10. The van der Waals surface area contributed by atoms with Crippen molar-refractivity contribution >= 4 is 17.7 Å². The molecule has 90 valence electrons. The lowest BCUT2D eigenvalue weighted by Crippen LogP contribution is -2.43. The van der Waals surface area contributed by atoms with Crippen LogP contribution in [0, 0.1) is 0 Å². The van der Waals surface area contributed by atoms with E-state index in [-0.39, 0.29) is 5.91 Å². The van der Waals surface area contributed by atoms with Gasteiger partial charge in [0.2, 0.25) is 5.91 Å². The van der Waals surface area contributed by atoms with Crippen molar-refractivity contribution < 1.29 is 9.90 Å². The van der Waals surface area contributed by atoms with Crippen molar-refractivity contribution in [2.24, 2.45) is 5.73 Å². The first kappa shape index (κ1) is 14.7. The van der Waals surface area contributed by atoms with Crippen LogP contribution >= 0.6 is 11.8 Å². The number of hydrogen-bond donors (Lipinski definition) is 3. The van der Waals surface area contributed by atoms with E-state index in [4.69, 9.17) is 5.73 Å². The van der Waals surface area contributed by atoms with Crippen molar-refractivity contribution in [2.45, 2.75) is 38.3 Å². The molecule has 15 heavy (non-hydrogen) atoms. The summed E-state index contributed by atoms with van der Waals surface area (Å²) in [5.41, 5.74) is 5.66. The normalized spacial score (nSPS) is 14.7. The molecule has 2 atom stereocenters. The van der Waals surface area contributed by atoms with Gasteiger partial charge in [-0.3, -0.25) is 4.79 Å². The fraction of sp³-hybridized carbons (Fsp3) is 0.900. The Morgan fingerprint density at radius 3 is 2.73 bits per heavy atom. The molecule has 0 saturated carbocycles. The van der Waals surface area contributed by atoms with Gasteiger partial charge in [0.25, 0.3) is 0 Å². The molecule has 0 spiro atoms. The highest BCUT2D eigenvalue weighted by Crippen LogP contribution is 1.99. The van der Waals surface area contributed by atoms with Gasteiger partial charge in [-0.1, -0.05) is 13.3 Å². The maximum absolute atomic E-state index is 11.4. The number of nitrogens with two attached hydrogens (primary N) is 1. The van der Waals surface area contributed by atoms with Gasteiger partial charge < -0.3 is 16.2 Å². The van der Waals surface area contributed by atoms with Crippen LogP contribution in [0.5, 0.6) is 0 Å². The van der Waals surface area contributed by atoms with Crippen LogP contribution in [0.25, 0.3) is 0 Å². The minimum Gasteiger partial charge on any atom is -0.391 e. The molecular formula is C10H22N2O2S. The maximum Gasteiger partial charge on any atom is 0.237 e. The molecule has 0 aliphatic heterocycles. The largest absolute Gasteiger partial charge is 0.391 e. The zero-order valence-electron chi connectivity index (χ0n) is 9.53. The predicted octanol–water partition coefficient (Wildman–Crippen LogP) is 0.344. The quantitative estimate of drug-likeness (QED) is 0.566. The summed E-state index contributed by atoms with van der Waals surface area (Å²) in [6, 6.07) is -0.453. The van der Waals surface area contributed by atoms with Crippen molar-refractivity contribution in [3.63, 3.8) is 0 Å². The van der Waals surface area contributed by atoms with Crippen molar-refractivity contribution in [3.8, 4) is 0 Å². The highest BCUT2D eigenvalue weighted by atomic mass is 32.2. The third-order valence-corrected chi connectivity index (χ3v) is 2.75. The molecule has 1 amide bonds. The average molecular weight is 234 g/mol. The summed E-state index contributed by atoms with van der Waals surface area (Å²) < 4.78 is 0. The first-order valence-corrected chi connectivity index (χ1v) is 6.71. The van der Waals surface area contributed by atoms with Crippen LogP contribution < -0.4 is 11.1 Å². The molecule has 0 aromatic rings. The van der Waals surface area contributed by atoms with Crippen LogP contribution in [0.15, 0.2) is 0 Å². The van der Waals surface area contributed by atoms with E-state index in [1.165, 1.54) is 0 Å². The summed E-state index contributed by atoms with van der Waals surface area (Å²) in [5, 5.41) is 12.0. The summed E-state index contributed by atoms with van der Waals surface area (Å²) in [6.07, 6.45) is 3.83. The Bertz CT molecular complexity index is 179. The number of carbonyl (C=O) groups is 1. The van der Waals surface area contributed by atoms with Gasteiger partial charge in [-0.2, -0.15) is 11.8 Å². The number of aliphatic hydroxyl groups is 1. The fourth-order valence-electron chi connectivity index (χ4n) is 1.16. The molecule has 0 aliphatic rings. The molecule has 0 heterocycles. The second-order valence-electron chi connectivity index (χ2n) is 3.58. The van der Waals surface area contributed by atoms with E-state index in [2.05, 4.69) is 5.32 Å². The van der Waals surface area contributed by atoms with E-state index < -0.39 is 12.1 Å². The lowest BCUT2D eigenvalue weighted by atomic mass is 10.2. The second-order valence-corrected chi connectivity index (χ2v) is 4.56. The summed E-state index contributed by atoms with van der Waals surface area (Å²) in [5.74, 6) is 0.714. The zero-order chi connectivity index (χ0) is 11.7. The average Bonchev–Trinajstić information content (AvgIpc) is 2.22. The molecule has 0 aliphatic carbocycles. The van der Waals surface area contributed by atoms with Gasteiger partial charge in [0.15, 0.2) is 0 Å². The van der Waals surface area contributed by atoms with E-state index in [1.807, 2.05) is 13.2 Å². The van der Waals surface area contributed by atoms with Crippen molar-refractivity contribution in [2.75, 3.05) is 18.6 Å². The van der Waals surface area contributed by atoms with E-state index >= 15 is 0 Å². The molecule has 0 fully saturated rings. The fourth-order valence-corrected chi connectivity index (χ4v) is 1.65.